The summed E-state index contributed by atoms with van der Waals surface area (Å²) in [6.07, 6.45) is -13.4. The van der Waals surface area contributed by atoms with Gasteiger partial charge in [-0.15, -0.1) is 0 Å². The molecular weight excluding hydrogens is 243 g/mol. The Labute approximate surface area is 78.1 Å². The summed E-state index contributed by atoms with van der Waals surface area (Å²) >= 11 is 0. The Morgan fingerprint density at radius 1 is 0.867 bits per heavy atom. The number of hydrogen-bond donors (Lipinski definition) is 0. The first kappa shape index (κ1) is 14.4. The first-order valence-electron chi connectivity index (χ1n) is 3.45. The first-order chi connectivity index (χ1) is 6.57. The SMILES string of the molecule is FCC(F)(F)C(F)C(F)(F)C(F)C(F)F. The quantitative estimate of drug-likeness (QED) is 0.655. The molecule has 0 aliphatic heterocycles. The molecule has 0 heterocycles. The van der Waals surface area contributed by atoms with E-state index in [0.717, 1.165) is 0 Å². The minimum Gasteiger partial charge on any atom is -0.244 e. The van der Waals surface area contributed by atoms with Gasteiger partial charge in [-0.05, 0) is 0 Å². The molecule has 0 saturated heterocycles. The molecule has 2 atom stereocenters. The van der Waals surface area contributed by atoms with Crippen molar-refractivity contribution in [2.24, 2.45) is 0 Å². The average molecular weight is 248 g/mol. The Balaban J connectivity index is 4.87. The molecule has 0 aliphatic rings. The molecule has 0 aromatic carbocycles. The molecule has 0 amide bonds. The molecular formula is C6H5F9. The Bertz CT molecular complexity index is 201. The van der Waals surface area contributed by atoms with E-state index < -0.39 is 37.3 Å². The summed E-state index contributed by atoms with van der Waals surface area (Å²) in [6.45, 7) is -2.83. The molecule has 0 spiro atoms. The predicted molar refractivity (Wildman–Crippen MR) is 31.7 cm³/mol. The highest BCUT2D eigenvalue weighted by Gasteiger charge is 2.62. The average Bonchev–Trinajstić information content (AvgIpc) is 2.15. The van der Waals surface area contributed by atoms with Gasteiger partial charge in [0.25, 0.3) is 6.43 Å². The second-order valence-corrected chi connectivity index (χ2v) is 2.67. The smallest absolute Gasteiger partial charge is 0.244 e. The van der Waals surface area contributed by atoms with E-state index >= 15 is 0 Å². The third kappa shape index (κ3) is 2.91. The minimum atomic E-state index is -5.65. The largest absolute Gasteiger partial charge is 0.320 e. The normalized spacial score (nSPS) is 18.0. The van der Waals surface area contributed by atoms with Gasteiger partial charge < -0.3 is 0 Å². The fraction of sp³-hybridized carbons (Fsp3) is 1.00. The van der Waals surface area contributed by atoms with Gasteiger partial charge in [-0.1, -0.05) is 0 Å². The molecule has 15 heavy (non-hydrogen) atoms. The standard InChI is InChI=1S/C6H5F9/c7-1-5(12,13)4(11)6(14,15)2(8)3(9)10/h2-4H,1H2. The molecule has 0 nitrogen and oxygen atoms in total. The Kier molecular flexibility index (Phi) is 4.29. The van der Waals surface area contributed by atoms with E-state index in [1.54, 1.807) is 0 Å². The van der Waals surface area contributed by atoms with Crippen molar-refractivity contribution >= 4 is 0 Å². The van der Waals surface area contributed by atoms with Crippen molar-refractivity contribution in [2.75, 3.05) is 6.67 Å². The van der Waals surface area contributed by atoms with Crippen LogP contribution in [0.1, 0.15) is 0 Å². The zero-order chi connectivity index (χ0) is 12.4. The summed E-state index contributed by atoms with van der Waals surface area (Å²) in [5.74, 6) is -10.9. The zero-order valence-corrected chi connectivity index (χ0v) is 6.84. The molecule has 0 fully saturated rings. The second kappa shape index (κ2) is 4.48. The van der Waals surface area contributed by atoms with Crippen molar-refractivity contribution < 1.29 is 39.5 Å². The lowest BCUT2D eigenvalue weighted by Gasteiger charge is -2.27. The van der Waals surface area contributed by atoms with E-state index in [2.05, 4.69) is 0 Å². The molecule has 92 valence electrons. The van der Waals surface area contributed by atoms with Crippen LogP contribution >= 0.6 is 0 Å². The molecule has 9 heteroatoms. The number of rotatable bonds is 5. The highest BCUT2D eigenvalue weighted by atomic mass is 19.3. The third-order valence-electron chi connectivity index (χ3n) is 1.48. The van der Waals surface area contributed by atoms with Gasteiger partial charge in [0.15, 0.2) is 6.67 Å². The van der Waals surface area contributed by atoms with Gasteiger partial charge in [0.05, 0.1) is 0 Å². The molecule has 0 aromatic heterocycles. The Hall–Kier alpha value is -0.630. The van der Waals surface area contributed by atoms with Crippen LogP contribution in [0.4, 0.5) is 39.5 Å². The molecule has 0 saturated carbocycles. The van der Waals surface area contributed by atoms with Crippen LogP contribution in [0.3, 0.4) is 0 Å². The summed E-state index contributed by atoms with van der Waals surface area (Å²) in [4.78, 5) is 0. The maximum Gasteiger partial charge on any atom is 0.320 e. The van der Waals surface area contributed by atoms with Gasteiger partial charge in [-0.25, -0.2) is 30.7 Å². The first-order valence-corrected chi connectivity index (χ1v) is 3.45. The molecule has 0 radical (unpaired) electrons. The molecule has 0 aromatic rings. The van der Waals surface area contributed by atoms with Gasteiger partial charge in [-0.3, -0.25) is 0 Å². The van der Waals surface area contributed by atoms with Crippen molar-refractivity contribution in [1.82, 2.24) is 0 Å². The van der Waals surface area contributed by atoms with Crippen molar-refractivity contribution in [3.8, 4) is 0 Å². The van der Waals surface area contributed by atoms with E-state index in [9.17, 15) is 39.5 Å². The minimum absolute atomic E-state index is 2.83. The molecule has 0 rings (SSSR count). The summed E-state index contributed by atoms with van der Waals surface area (Å²) in [5, 5.41) is 0. The zero-order valence-electron chi connectivity index (χ0n) is 6.84. The fourth-order valence-electron chi connectivity index (χ4n) is 0.657. The van der Waals surface area contributed by atoms with Crippen LogP contribution in [-0.4, -0.2) is 37.3 Å². The van der Waals surface area contributed by atoms with Crippen LogP contribution in [0.2, 0.25) is 0 Å². The van der Waals surface area contributed by atoms with Crippen LogP contribution in [-0.2, 0) is 0 Å². The van der Waals surface area contributed by atoms with Crippen molar-refractivity contribution in [1.29, 1.82) is 0 Å². The maximum absolute atomic E-state index is 12.3. The van der Waals surface area contributed by atoms with E-state index in [4.69, 9.17) is 0 Å². The van der Waals surface area contributed by atoms with Crippen LogP contribution in [0.25, 0.3) is 0 Å². The van der Waals surface area contributed by atoms with Crippen LogP contribution in [0, 0.1) is 0 Å². The number of alkyl halides is 9. The summed E-state index contributed by atoms with van der Waals surface area (Å²) in [5.41, 5.74) is 0. The van der Waals surface area contributed by atoms with E-state index in [0.29, 0.717) is 0 Å². The summed E-state index contributed by atoms with van der Waals surface area (Å²) in [6, 6.07) is 0. The summed E-state index contributed by atoms with van der Waals surface area (Å²) in [7, 11) is 0. The molecule has 0 aliphatic carbocycles. The lowest BCUT2D eigenvalue weighted by Crippen LogP contribution is -2.52. The molecule has 0 bridgehead atoms. The second-order valence-electron chi connectivity index (χ2n) is 2.67. The lowest BCUT2D eigenvalue weighted by molar-refractivity contribution is -0.228. The number of halogens is 9. The Morgan fingerprint density at radius 3 is 1.53 bits per heavy atom. The highest BCUT2D eigenvalue weighted by molar-refractivity contribution is 4.94. The van der Waals surface area contributed by atoms with E-state index in [1.165, 1.54) is 0 Å². The lowest BCUT2D eigenvalue weighted by atomic mass is 10.0. The fourth-order valence-corrected chi connectivity index (χ4v) is 0.657. The van der Waals surface area contributed by atoms with Gasteiger partial charge in [0, 0.05) is 0 Å². The maximum atomic E-state index is 12.3. The highest BCUT2D eigenvalue weighted by Crippen LogP contribution is 2.39. The van der Waals surface area contributed by atoms with E-state index in [1.807, 2.05) is 0 Å². The topological polar surface area (TPSA) is 0 Å². The predicted octanol–water partition coefficient (Wildman–Crippen LogP) is 3.17. The van der Waals surface area contributed by atoms with Crippen molar-refractivity contribution in [3.63, 3.8) is 0 Å². The Morgan fingerprint density at radius 2 is 1.27 bits per heavy atom. The van der Waals surface area contributed by atoms with Gasteiger partial charge >= 0.3 is 11.8 Å². The molecule has 2 unspecified atom stereocenters. The van der Waals surface area contributed by atoms with Crippen LogP contribution < -0.4 is 0 Å². The molecule has 0 N–H and O–H groups in total. The van der Waals surface area contributed by atoms with Crippen molar-refractivity contribution in [2.45, 2.75) is 30.6 Å². The van der Waals surface area contributed by atoms with Gasteiger partial charge in [-0.2, -0.15) is 8.78 Å². The number of hydrogen-bond acceptors (Lipinski definition) is 0. The monoisotopic (exact) mass is 248 g/mol. The third-order valence-corrected chi connectivity index (χ3v) is 1.48. The van der Waals surface area contributed by atoms with E-state index in [-0.39, 0.29) is 0 Å². The van der Waals surface area contributed by atoms with Crippen molar-refractivity contribution in [3.05, 3.63) is 0 Å². The van der Waals surface area contributed by atoms with Crippen LogP contribution in [0.5, 0.6) is 0 Å². The van der Waals surface area contributed by atoms with Gasteiger partial charge in [0.2, 0.25) is 12.3 Å². The summed E-state index contributed by atoms with van der Waals surface area (Å²) < 4.78 is 107. The van der Waals surface area contributed by atoms with Crippen LogP contribution in [0.15, 0.2) is 0 Å². The van der Waals surface area contributed by atoms with Gasteiger partial charge in [0.1, 0.15) is 0 Å².